The Hall–Kier alpha value is -2.86. The molecule has 0 spiro atoms. The molecule has 1 saturated heterocycles. The molecule has 0 unspecified atom stereocenters. The number of hydrogen-bond donors (Lipinski definition) is 1. The summed E-state index contributed by atoms with van der Waals surface area (Å²) in [4.78, 5) is 7.11. The molecule has 154 valence electrons. The normalized spacial score (nSPS) is 21.8. The lowest BCUT2D eigenvalue weighted by molar-refractivity contribution is 0.239. The maximum Gasteiger partial charge on any atom is 0.170 e. The van der Waals surface area contributed by atoms with Crippen LogP contribution in [0.2, 0.25) is 0 Å². The fourth-order valence-corrected chi connectivity index (χ4v) is 5.28. The van der Waals surface area contributed by atoms with E-state index in [0.717, 1.165) is 22.2 Å². The Morgan fingerprint density at radius 1 is 1.07 bits per heavy atom. The van der Waals surface area contributed by atoms with Gasteiger partial charge in [0.15, 0.2) is 5.11 Å². The van der Waals surface area contributed by atoms with Gasteiger partial charge in [-0.1, -0.05) is 25.0 Å². The average molecular weight is 419 g/mol. The van der Waals surface area contributed by atoms with Crippen LogP contribution in [0.15, 0.2) is 67.0 Å². The highest BCUT2D eigenvalue weighted by Gasteiger charge is 2.44. The molecule has 5 rings (SSSR count). The number of nitrogens with one attached hydrogen (secondary N) is 1. The zero-order chi connectivity index (χ0) is 20.5. The van der Waals surface area contributed by atoms with E-state index >= 15 is 0 Å². The number of ether oxygens (including phenoxy) is 1. The molecule has 3 heterocycles. The van der Waals surface area contributed by atoms with Gasteiger partial charge in [0.2, 0.25) is 0 Å². The Bertz CT molecular complexity index is 1030. The maximum atomic E-state index is 5.86. The molecule has 2 aliphatic rings. The number of rotatable bonds is 5. The van der Waals surface area contributed by atoms with Crippen molar-refractivity contribution >= 4 is 17.3 Å². The molecule has 1 N–H and O–H groups in total. The van der Waals surface area contributed by atoms with Crippen molar-refractivity contribution < 1.29 is 4.74 Å². The van der Waals surface area contributed by atoms with E-state index in [4.69, 9.17) is 17.0 Å². The third kappa shape index (κ3) is 3.35. The first-order valence-electron chi connectivity index (χ1n) is 10.6. The van der Waals surface area contributed by atoms with Gasteiger partial charge >= 0.3 is 0 Å². The van der Waals surface area contributed by atoms with Crippen molar-refractivity contribution in [2.45, 2.75) is 43.8 Å². The SMILES string of the molecule is COc1cccc(-n2cccc2[C@@H]2[C@@H](c3ccccn3)NC(=S)N2C2CCCC2)c1. The van der Waals surface area contributed by atoms with Crippen LogP contribution in [0.1, 0.15) is 49.2 Å². The highest BCUT2D eigenvalue weighted by atomic mass is 32.1. The van der Waals surface area contributed by atoms with E-state index in [9.17, 15) is 0 Å². The van der Waals surface area contributed by atoms with Gasteiger partial charge in [-0.25, -0.2) is 0 Å². The minimum absolute atomic E-state index is 0.0126. The predicted molar refractivity (Wildman–Crippen MR) is 122 cm³/mol. The van der Waals surface area contributed by atoms with Crippen LogP contribution in [0.25, 0.3) is 5.69 Å². The van der Waals surface area contributed by atoms with Crippen molar-refractivity contribution in [1.82, 2.24) is 19.8 Å². The smallest absolute Gasteiger partial charge is 0.170 e. The van der Waals surface area contributed by atoms with Gasteiger partial charge in [-0.05, 0) is 61.5 Å². The molecule has 5 nitrogen and oxygen atoms in total. The van der Waals surface area contributed by atoms with Crippen LogP contribution in [0, 0.1) is 0 Å². The fraction of sp³-hybridized carbons (Fsp3) is 0.333. The highest BCUT2D eigenvalue weighted by molar-refractivity contribution is 7.80. The van der Waals surface area contributed by atoms with Gasteiger partial charge in [-0.15, -0.1) is 0 Å². The molecule has 2 aromatic heterocycles. The first-order valence-corrected chi connectivity index (χ1v) is 11.0. The fourth-order valence-electron chi connectivity index (χ4n) is 4.89. The zero-order valence-electron chi connectivity index (χ0n) is 17.1. The molecular formula is C24H26N4OS. The van der Waals surface area contributed by atoms with E-state index < -0.39 is 0 Å². The first kappa shape index (κ1) is 19.1. The molecular weight excluding hydrogens is 392 g/mol. The molecule has 2 fully saturated rings. The number of benzene rings is 1. The lowest BCUT2D eigenvalue weighted by Gasteiger charge is -2.33. The van der Waals surface area contributed by atoms with Crippen LogP contribution in [0.3, 0.4) is 0 Å². The van der Waals surface area contributed by atoms with Gasteiger partial charge in [-0.2, -0.15) is 0 Å². The van der Waals surface area contributed by atoms with E-state index in [0.29, 0.717) is 6.04 Å². The summed E-state index contributed by atoms with van der Waals surface area (Å²) in [5, 5.41) is 4.43. The van der Waals surface area contributed by atoms with Crippen molar-refractivity contribution in [3.8, 4) is 11.4 Å². The predicted octanol–water partition coefficient (Wildman–Crippen LogP) is 4.80. The second-order valence-electron chi connectivity index (χ2n) is 7.98. The van der Waals surface area contributed by atoms with Crippen molar-refractivity contribution in [2.24, 2.45) is 0 Å². The molecule has 6 heteroatoms. The van der Waals surface area contributed by atoms with Gasteiger partial charge in [-0.3, -0.25) is 4.98 Å². The molecule has 2 atom stereocenters. The second kappa shape index (κ2) is 8.11. The lowest BCUT2D eigenvalue weighted by Crippen LogP contribution is -2.38. The Morgan fingerprint density at radius 3 is 2.70 bits per heavy atom. The van der Waals surface area contributed by atoms with Gasteiger partial charge in [0, 0.05) is 35.9 Å². The van der Waals surface area contributed by atoms with Crippen LogP contribution < -0.4 is 10.1 Å². The molecule has 1 saturated carbocycles. The number of hydrogen-bond acceptors (Lipinski definition) is 3. The number of thiocarbonyl (C=S) groups is 1. The molecule has 0 radical (unpaired) electrons. The average Bonchev–Trinajstić information content (AvgIpc) is 3.53. The Balaban J connectivity index is 1.61. The lowest BCUT2D eigenvalue weighted by atomic mass is 9.99. The van der Waals surface area contributed by atoms with E-state index in [1.54, 1.807) is 7.11 Å². The van der Waals surface area contributed by atoms with Crippen molar-refractivity contribution in [2.75, 3.05) is 7.11 Å². The van der Waals surface area contributed by atoms with Crippen LogP contribution in [-0.4, -0.2) is 32.7 Å². The Morgan fingerprint density at radius 2 is 1.93 bits per heavy atom. The Kier molecular flexibility index (Phi) is 5.17. The summed E-state index contributed by atoms with van der Waals surface area (Å²) in [6, 6.07) is 19.2. The number of aromatic nitrogens is 2. The first-order chi connectivity index (χ1) is 14.8. The summed E-state index contributed by atoms with van der Waals surface area (Å²) in [5.41, 5.74) is 3.31. The molecule has 3 aromatic rings. The largest absolute Gasteiger partial charge is 0.497 e. The molecule has 1 aliphatic heterocycles. The summed E-state index contributed by atoms with van der Waals surface area (Å²) >= 11 is 5.86. The van der Waals surface area contributed by atoms with E-state index in [1.165, 1.54) is 31.4 Å². The minimum Gasteiger partial charge on any atom is -0.497 e. The van der Waals surface area contributed by atoms with Crippen LogP contribution >= 0.6 is 12.2 Å². The number of pyridine rings is 1. The summed E-state index contributed by atoms with van der Waals surface area (Å²) < 4.78 is 7.71. The van der Waals surface area contributed by atoms with Crippen LogP contribution in [-0.2, 0) is 0 Å². The third-order valence-corrected chi connectivity index (χ3v) is 6.60. The van der Waals surface area contributed by atoms with Crippen molar-refractivity contribution in [3.63, 3.8) is 0 Å². The van der Waals surface area contributed by atoms with E-state index in [1.807, 2.05) is 30.5 Å². The summed E-state index contributed by atoms with van der Waals surface area (Å²) in [7, 11) is 1.70. The van der Waals surface area contributed by atoms with E-state index in [2.05, 4.69) is 56.3 Å². The summed E-state index contributed by atoms with van der Waals surface area (Å²) in [6.45, 7) is 0. The molecule has 30 heavy (non-hydrogen) atoms. The monoisotopic (exact) mass is 418 g/mol. The second-order valence-corrected chi connectivity index (χ2v) is 8.36. The third-order valence-electron chi connectivity index (χ3n) is 6.27. The molecule has 1 aromatic carbocycles. The molecule has 1 aliphatic carbocycles. The van der Waals surface area contributed by atoms with Crippen LogP contribution in [0.5, 0.6) is 5.75 Å². The highest BCUT2D eigenvalue weighted by Crippen LogP contribution is 2.43. The Labute approximate surface area is 182 Å². The standard InChI is InChI=1S/C24H26N4OS/c1-29-19-11-6-10-18(16-19)27-15-7-13-21(27)23-22(20-12-4-5-14-25-20)26-24(30)28(23)17-8-2-3-9-17/h4-7,10-17,22-23H,2-3,8-9H2,1H3,(H,26,30)/t22-,23-/m1/s1. The van der Waals surface area contributed by atoms with Crippen molar-refractivity contribution in [3.05, 3.63) is 78.4 Å². The van der Waals surface area contributed by atoms with Crippen molar-refractivity contribution in [1.29, 1.82) is 0 Å². The summed E-state index contributed by atoms with van der Waals surface area (Å²) in [6.07, 6.45) is 8.88. The quantitative estimate of drug-likeness (QED) is 0.603. The number of methoxy groups -OCH3 is 1. The van der Waals surface area contributed by atoms with Crippen LogP contribution in [0.4, 0.5) is 0 Å². The minimum atomic E-state index is 0.0126. The summed E-state index contributed by atoms with van der Waals surface area (Å²) in [5.74, 6) is 0.848. The topological polar surface area (TPSA) is 42.3 Å². The van der Waals surface area contributed by atoms with Gasteiger partial charge < -0.3 is 19.5 Å². The maximum absolute atomic E-state index is 5.86. The van der Waals surface area contributed by atoms with Gasteiger partial charge in [0.1, 0.15) is 5.75 Å². The zero-order valence-corrected chi connectivity index (χ0v) is 17.9. The van der Waals surface area contributed by atoms with Gasteiger partial charge in [0.25, 0.3) is 0 Å². The van der Waals surface area contributed by atoms with E-state index in [-0.39, 0.29) is 12.1 Å². The molecule has 0 bridgehead atoms. The number of nitrogens with zero attached hydrogens (tertiary/aromatic N) is 3. The molecule has 0 amide bonds. The van der Waals surface area contributed by atoms with Gasteiger partial charge in [0.05, 0.1) is 24.9 Å².